The molecular weight excluding hydrogens is 318 g/mol. The monoisotopic (exact) mass is 341 g/mol. The fourth-order valence-electron chi connectivity index (χ4n) is 2.74. The summed E-state index contributed by atoms with van der Waals surface area (Å²) in [5, 5.41) is 0. The molecule has 1 fully saturated rings. The molecule has 1 aliphatic heterocycles. The van der Waals surface area contributed by atoms with E-state index in [0.29, 0.717) is 13.1 Å². The van der Waals surface area contributed by atoms with Gasteiger partial charge in [0.15, 0.2) is 0 Å². The molecule has 7 nitrogen and oxygen atoms in total. The molecule has 0 spiro atoms. The molecule has 3 N–H and O–H groups in total. The van der Waals surface area contributed by atoms with E-state index in [-0.39, 0.29) is 30.8 Å². The lowest BCUT2D eigenvalue weighted by molar-refractivity contribution is -0.130. The second kappa shape index (κ2) is 7.29. The van der Waals surface area contributed by atoms with Crippen molar-refractivity contribution in [3.8, 4) is 5.75 Å². The highest BCUT2D eigenvalue weighted by Crippen LogP contribution is 2.28. The van der Waals surface area contributed by atoms with Crippen LogP contribution in [0.15, 0.2) is 24.3 Å². The third-order valence-corrected chi connectivity index (χ3v) is 4.69. The molecule has 0 bridgehead atoms. The van der Waals surface area contributed by atoms with Crippen LogP contribution in [-0.4, -0.2) is 58.3 Å². The maximum Gasteiger partial charge on any atom is 0.223 e. The lowest BCUT2D eigenvalue weighted by Crippen LogP contribution is -2.34. The maximum absolute atomic E-state index is 12.2. The third-order valence-electron chi connectivity index (χ3n) is 3.96. The van der Waals surface area contributed by atoms with E-state index in [2.05, 4.69) is 4.72 Å². The van der Waals surface area contributed by atoms with Gasteiger partial charge in [-0.15, -0.1) is 0 Å². The van der Waals surface area contributed by atoms with Gasteiger partial charge in [0.2, 0.25) is 15.9 Å². The topological polar surface area (TPSA) is 102 Å². The summed E-state index contributed by atoms with van der Waals surface area (Å²) in [5.41, 5.74) is 7.24. The van der Waals surface area contributed by atoms with Crippen molar-refractivity contribution < 1.29 is 17.9 Å². The highest BCUT2D eigenvalue weighted by atomic mass is 32.2. The van der Waals surface area contributed by atoms with Crippen molar-refractivity contribution in [2.75, 3.05) is 33.0 Å². The van der Waals surface area contributed by atoms with Gasteiger partial charge in [0, 0.05) is 38.0 Å². The summed E-state index contributed by atoms with van der Waals surface area (Å²) in [6.45, 7) is 1.14. The summed E-state index contributed by atoms with van der Waals surface area (Å²) in [4.78, 5) is 13.9. The Kier molecular flexibility index (Phi) is 5.61. The van der Waals surface area contributed by atoms with Crippen LogP contribution < -0.4 is 15.2 Å². The first-order chi connectivity index (χ1) is 10.8. The van der Waals surface area contributed by atoms with E-state index in [0.717, 1.165) is 17.6 Å². The standard InChI is InChI=1S/C15H23N3O4S/c1-22-12-5-3-11(4-6-12)13-9-18(10-14(13)16)15(19)7-8-17-23(2,20)21/h3-6,13-14,17H,7-10,16H2,1-2H3/t13-,14+/m1/s1. The Morgan fingerprint density at radius 3 is 2.57 bits per heavy atom. The number of hydrogen-bond donors (Lipinski definition) is 2. The molecule has 2 atom stereocenters. The average Bonchev–Trinajstić information content (AvgIpc) is 2.88. The molecule has 2 rings (SSSR count). The Morgan fingerprint density at radius 2 is 2.00 bits per heavy atom. The second-order valence-corrected chi connectivity index (χ2v) is 7.59. The molecule has 1 aliphatic rings. The van der Waals surface area contributed by atoms with Gasteiger partial charge in [-0.1, -0.05) is 12.1 Å². The first-order valence-corrected chi connectivity index (χ1v) is 9.31. The molecule has 1 aromatic rings. The quantitative estimate of drug-likeness (QED) is 0.751. The fraction of sp³-hybridized carbons (Fsp3) is 0.533. The van der Waals surface area contributed by atoms with Gasteiger partial charge in [-0.25, -0.2) is 13.1 Å². The van der Waals surface area contributed by atoms with Gasteiger partial charge >= 0.3 is 0 Å². The maximum atomic E-state index is 12.2. The average molecular weight is 341 g/mol. The Labute approximate surface area is 136 Å². The summed E-state index contributed by atoms with van der Waals surface area (Å²) in [6, 6.07) is 7.55. The molecule has 0 aliphatic carbocycles. The molecule has 1 aromatic carbocycles. The van der Waals surface area contributed by atoms with E-state index >= 15 is 0 Å². The molecule has 1 saturated heterocycles. The Bertz CT molecular complexity index is 645. The first kappa shape index (κ1) is 17.7. The Hall–Kier alpha value is -1.64. The third kappa shape index (κ3) is 4.92. The predicted molar refractivity (Wildman–Crippen MR) is 87.8 cm³/mol. The molecule has 0 aromatic heterocycles. The molecule has 0 unspecified atom stereocenters. The minimum absolute atomic E-state index is 0.0766. The van der Waals surface area contributed by atoms with Crippen molar-refractivity contribution in [2.24, 2.45) is 5.73 Å². The number of carbonyl (C=O) groups is 1. The normalized spacial score (nSPS) is 21.4. The number of rotatable bonds is 6. The van der Waals surface area contributed by atoms with Crippen LogP contribution >= 0.6 is 0 Å². The summed E-state index contributed by atoms with van der Waals surface area (Å²) in [5.74, 6) is 0.764. The number of ether oxygens (including phenoxy) is 1. The summed E-state index contributed by atoms with van der Waals surface area (Å²) in [6.07, 6.45) is 1.21. The first-order valence-electron chi connectivity index (χ1n) is 7.42. The highest BCUT2D eigenvalue weighted by molar-refractivity contribution is 7.88. The predicted octanol–water partition coefficient (Wildman–Crippen LogP) is -0.112. The van der Waals surface area contributed by atoms with Crippen LogP contribution in [0, 0.1) is 0 Å². The van der Waals surface area contributed by atoms with Crippen LogP contribution in [0.25, 0.3) is 0 Å². The SMILES string of the molecule is COc1ccc([C@H]2CN(C(=O)CCNS(C)(=O)=O)C[C@@H]2N)cc1. The summed E-state index contributed by atoms with van der Waals surface area (Å²) < 4.78 is 29.5. The molecule has 1 amide bonds. The van der Waals surface area contributed by atoms with Crippen molar-refractivity contribution in [1.29, 1.82) is 0 Å². The smallest absolute Gasteiger partial charge is 0.223 e. The molecule has 128 valence electrons. The zero-order valence-electron chi connectivity index (χ0n) is 13.4. The van der Waals surface area contributed by atoms with Crippen LogP contribution in [0.1, 0.15) is 17.9 Å². The van der Waals surface area contributed by atoms with Gasteiger partial charge in [-0.05, 0) is 17.7 Å². The van der Waals surface area contributed by atoms with E-state index in [1.165, 1.54) is 0 Å². The van der Waals surface area contributed by atoms with E-state index in [9.17, 15) is 13.2 Å². The van der Waals surface area contributed by atoms with Crippen molar-refractivity contribution >= 4 is 15.9 Å². The van der Waals surface area contributed by atoms with Crippen LogP contribution in [0.3, 0.4) is 0 Å². The summed E-state index contributed by atoms with van der Waals surface area (Å²) in [7, 11) is -1.66. The number of nitrogens with one attached hydrogen (secondary N) is 1. The number of amides is 1. The fourth-order valence-corrected chi connectivity index (χ4v) is 3.21. The van der Waals surface area contributed by atoms with Gasteiger partial charge in [0.05, 0.1) is 13.4 Å². The Morgan fingerprint density at radius 1 is 1.35 bits per heavy atom. The zero-order valence-corrected chi connectivity index (χ0v) is 14.2. The number of nitrogens with zero attached hydrogens (tertiary/aromatic N) is 1. The van der Waals surface area contributed by atoms with Crippen LogP contribution in [-0.2, 0) is 14.8 Å². The lowest BCUT2D eigenvalue weighted by Gasteiger charge is -2.16. The molecule has 1 heterocycles. The number of hydrogen-bond acceptors (Lipinski definition) is 5. The number of benzene rings is 1. The molecule has 0 saturated carbocycles. The Balaban J connectivity index is 1.93. The van der Waals surface area contributed by atoms with E-state index in [4.69, 9.17) is 10.5 Å². The van der Waals surface area contributed by atoms with E-state index < -0.39 is 10.0 Å². The number of nitrogens with two attached hydrogens (primary N) is 1. The van der Waals surface area contributed by atoms with Crippen LogP contribution in [0.5, 0.6) is 5.75 Å². The zero-order chi connectivity index (χ0) is 17.0. The van der Waals surface area contributed by atoms with Crippen LogP contribution in [0.2, 0.25) is 0 Å². The number of carbonyl (C=O) groups excluding carboxylic acids is 1. The molecule has 8 heteroatoms. The van der Waals surface area contributed by atoms with Crippen molar-refractivity contribution in [1.82, 2.24) is 9.62 Å². The van der Waals surface area contributed by atoms with Gasteiger partial charge < -0.3 is 15.4 Å². The molecular formula is C15H23N3O4S. The van der Waals surface area contributed by atoms with Gasteiger partial charge in [-0.2, -0.15) is 0 Å². The van der Waals surface area contributed by atoms with Gasteiger partial charge in [-0.3, -0.25) is 4.79 Å². The lowest BCUT2D eigenvalue weighted by atomic mass is 9.95. The van der Waals surface area contributed by atoms with E-state index in [1.807, 2.05) is 24.3 Å². The number of likely N-dealkylation sites (tertiary alicyclic amines) is 1. The molecule has 0 radical (unpaired) electrons. The van der Waals surface area contributed by atoms with Gasteiger partial charge in [0.1, 0.15) is 5.75 Å². The second-order valence-electron chi connectivity index (χ2n) is 5.76. The van der Waals surface area contributed by atoms with Crippen molar-refractivity contribution in [3.05, 3.63) is 29.8 Å². The van der Waals surface area contributed by atoms with Gasteiger partial charge in [0.25, 0.3) is 0 Å². The highest BCUT2D eigenvalue weighted by Gasteiger charge is 2.33. The van der Waals surface area contributed by atoms with Crippen molar-refractivity contribution in [3.63, 3.8) is 0 Å². The number of methoxy groups -OCH3 is 1. The minimum Gasteiger partial charge on any atom is -0.497 e. The summed E-state index contributed by atoms with van der Waals surface area (Å²) >= 11 is 0. The minimum atomic E-state index is -3.27. The van der Waals surface area contributed by atoms with E-state index in [1.54, 1.807) is 12.0 Å². The largest absolute Gasteiger partial charge is 0.497 e. The van der Waals surface area contributed by atoms with Crippen LogP contribution in [0.4, 0.5) is 0 Å². The molecule has 23 heavy (non-hydrogen) atoms. The van der Waals surface area contributed by atoms with Crippen molar-refractivity contribution in [2.45, 2.75) is 18.4 Å². The number of sulfonamides is 1.